The average Bonchev–Trinajstić information content (AvgIpc) is 3.00. The first-order valence-electron chi connectivity index (χ1n) is 10.1. The maximum atomic E-state index is 12.6. The summed E-state index contributed by atoms with van der Waals surface area (Å²) in [5, 5.41) is 17.0. The third-order valence-corrected chi connectivity index (χ3v) is 5.49. The zero-order valence-electron chi connectivity index (χ0n) is 18.1. The second-order valence-corrected chi connectivity index (χ2v) is 8.87. The monoisotopic (exact) mass is 408 g/mol. The predicted molar refractivity (Wildman–Crippen MR) is 116 cm³/mol. The highest BCUT2D eigenvalue weighted by Crippen LogP contribution is 2.26. The van der Waals surface area contributed by atoms with E-state index in [1.807, 2.05) is 25.2 Å². The van der Waals surface area contributed by atoms with E-state index in [9.17, 15) is 4.79 Å². The summed E-state index contributed by atoms with van der Waals surface area (Å²) in [5.41, 5.74) is 2.33. The first kappa shape index (κ1) is 20.1. The lowest BCUT2D eigenvalue weighted by Crippen LogP contribution is -2.52. The summed E-state index contributed by atoms with van der Waals surface area (Å²) in [6.07, 6.45) is 0. The predicted octanol–water partition coefficient (Wildman–Crippen LogP) is 2.54. The van der Waals surface area contributed by atoms with Crippen LogP contribution >= 0.6 is 0 Å². The van der Waals surface area contributed by atoms with Gasteiger partial charge in [0.2, 0.25) is 5.88 Å². The molecule has 30 heavy (non-hydrogen) atoms. The molecule has 8 heteroatoms. The normalized spacial score (nSPS) is 14.6. The van der Waals surface area contributed by atoms with Crippen molar-refractivity contribution in [3.05, 3.63) is 41.6 Å². The van der Waals surface area contributed by atoms with Crippen molar-refractivity contribution >= 4 is 22.6 Å². The minimum absolute atomic E-state index is 0.00327. The number of hydrogen-bond donors (Lipinski definition) is 1. The van der Waals surface area contributed by atoms with E-state index in [2.05, 4.69) is 46.3 Å². The Morgan fingerprint density at radius 1 is 1.20 bits per heavy atom. The number of aryl methyl sites for hydroxylation is 1. The van der Waals surface area contributed by atoms with Crippen molar-refractivity contribution < 1.29 is 9.53 Å². The quantitative estimate of drug-likeness (QED) is 0.698. The molecule has 3 aromatic rings. The Labute approximate surface area is 176 Å². The molecule has 158 valence electrons. The molecule has 2 aromatic heterocycles. The molecule has 1 aromatic carbocycles. The number of anilines is 1. The number of benzene rings is 1. The van der Waals surface area contributed by atoms with Gasteiger partial charge in [0.1, 0.15) is 0 Å². The summed E-state index contributed by atoms with van der Waals surface area (Å²) in [6, 6.07) is 9.55. The lowest BCUT2D eigenvalue weighted by molar-refractivity contribution is 0.0944. The van der Waals surface area contributed by atoms with Crippen LogP contribution in [0.5, 0.6) is 5.88 Å². The Hall–Kier alpha value is -3.16. The maximum Gasteiger partial charge on any atom is 0.251 e. The number of ether oxygens (including phenoxy) is 1. The van der Waals surface area contributed by atoms with Crippen LogP contribution in [0.1, 0.15) is 36.8 Å². The first-order chi connectivity index (χ1) is 14.3. The van der Waals surface area contributed by atoms with Crippen LogP contribution in [0, 0.1) is 5.92 Å². The molecule has 1 fully saturated rings. The minimum atomic E-state index is -0.0886. The van der Waals surface area contributed by atoms with E-state index in [1.54, 1.807) is 23.9 Å². The van der Waals surface area contributed by atoms with E-state index in [0.717, 1.165) is 35.5 Å². The van der Waals surface area contributed by atoms with Gasteiger partial charge in [0, 0.05) is 43.6 Å². The molecule has 0 bridgehead atoms. The summed E-state index contributed by atoms with van der Waals surface area (Å²) in [5.74, 6) is 1.89. The number of nitrogens with one attached hydrogen (secondary N) is 1. The second-order valence-electron chi connectivity index (χ2n) is 8.87. The lowest BCUT2D eigenvalue weighted by Gasteiger charge is -2.40. The van der Waals surface area contributed by atoms with Crippen molar-refractivity contribution in [2.75, 3.05) is 31.6 Å². The number of amides is 1. The fourth-order valence-corrected chi connectivity index (χ4v) is 3.68. The van der Waals surface area contributed by atoms with E-state index >= 15 is 0 Å². The minimum Gasteiger partial charge on any atom is -0.481 e. The van der Waals surface area contributed by atoms with Gasteiger partial charge in [0.15, 0.2) is 5.82 Å². The highest BCUT2D eigenvalue weighted by molar-refractivity contribution is 5.98. The van der Waals surface area contributed by atoms with Gasteiger partial charge in [-0.25, -0.2) is 4.68 Å². The topological polar surface area (TPSA) is 85.2 Å². The summed E-state index contributed by atoms with van der Waals surface area (Å²) >= 11 is 0. The summed E-state index contributed by atoms with van der Waals surface area (Å²) in [7, 11) is 3.44. The zero-order chi connectivity index (χ0) is 21.5. The second kappa shape index (κ2) is 7.59. The molecular weight excluding hydrogens is 380 g/mol. The van der Waals surface area contributed by atoms with E-state index < -0.39 is 0 Å². The molecule has 1 saturated heterocycles. The van der Waals surface area contributed by atoms with Gasteiger partial charge in [-0.1, -0.05) is 20.8 Å². The van der Waals surface area contributed by atoms with Crippen molar-refractivity contribution in [1.82, 2.24) is 25.3 Å². The van der Waals surface area contributed by atoms with Gasteiger partial charge < -0.3 is 15.0 Å². The molecule has 1 N–H and O–H groups in total. The molecule has 4 rings (SSSR count). The van der Waals surface area contributed by atoms with Crippen LogP contribution in [0.4, 0.5) is 5.82 Å². The van der Waals surface area contributed by atoms with Crippen molar-refractivity contribution in [1.29, 1.82) is 0 Å². The SMILES string of the molecule is COc1c2ccc(C(=O)NCC3CN(c4ccc(C(C)(C)C)nn4)C3)cc2nn1C. The van der Waals surface area contributed by atoms with Gasteiger partial charge in [-0.15, -0.1) is 5.10 Å². The van der Waals surface area contributed by atoms with Crippen LogP contribution in [-0.2, 0) is 12.5 Å². The fraction of sp³-hybridized carbons (Fsp3) is 0.455. The Kier molecular flexibility index (Phi) is 5.09. The van der Waals surface area contributed by atoms with Gasteiger partial charge in [-0.2, -0.15) is 10.2 Å². The van der Waals surface area contributed by atoms with Crippen LogP contribution in [0.15, 0.2) is 30.3 Å². The van der Waals surface area contributed by atoms with Gasteiger partial charge >= 0.3 is 0 Å². The van der Waals surface area contributed by atoms with E-state index in [1.165, 1.54) is 0 Å². The van der Waals surface area contributed by atoms with Gasteiger partial charge in [0.05, 0.1) is 23.7 Å². The molecule has 1 aliphatic heterocycles. The molecule has 1 aliphatic rings. The van der Waals surface area contributed by atoms with Gasteiger partial charge in [-0.05, 0) is 30.3 Å². The van der Waals surface area contributed by atoms with Gasteiger partial charge in [0.25, 0.3) is 5.91 Å². The van der Waals surface area contributed by atoms with Crippen molar-refractivity contribution in [2.45, 2.75) is 26.2 Å². The first-order valence-corrected chi connectivity index (χ1v) is 10.1. The largest absolute Gasteiger partial charge is 0.481 e. The molecule has 1 amide bonds. The molecule has 0 aliphatic carbocycles. The number of carbonyl (C=O) groups is 1. The van der Waals surface area contributed by atoms with E-state index in [0.29, 0.717) is 23.9 Å². The van der Waals surface area contributed by atoms with E-state index in [-0.39, 0.29) is 11.3 Å². The number of rotatable bonds is 5. The standard InChI is InChI=1S/C22H28N6O2/c1-22(2,3)18-8-9-19(25-24-18)28-12-14(13-28)11-23-20(29)15-6-7-16-17(10-15)26-27(4)21(16)30-5/h6-10,14H,11-13H2,1-5H3,(H,23,29). The molecule has 8 nitrogen and oxygen atoms in total. The molecule has 0 radical (unpaired) electrons. The van der Waals surface area contributed by atoms with Crippen LogP contribution in [0.3, 0.4) is 0 Å². The average molecular weight is 409 g/mol. The van der Waals surface area contributed by atoms with Gasteiger partial charge in [-0.3, -0.25) is 4.79 Å². The molecule has 0 spiro atoms. The third-order valence-electron chi connectivity index (χ3n) is 5.49. The highest BCUT2D eigenvalue weighted by Gasteiger charge is 2.29. The Morgan fingerprint density at radius 2 is 1.97 bits per heavy atom. The highest BCUT2D eigenvalue weighted by atomic mass is 16.5. The Balaban J connectivity index is 1.31. The van der Waals surface area contributed by atoms with Crippen LogP contribution in [0.25, 0.3) is 10.9 Å². The number of carbonyl (C=O) groups excluding carboxylic acids is 1. The molecule has 3 heterocycles. The molecule has 0 atom stereocenters. The lowest BCUT2D eigenvalue weighted by atomic mass is 9.92. The van der Waals surface area contributed by atoms with Crippen LogP contribution in [-0.4, -0.2) is 52.6 Å². The third kappa shape index (κ3) is 3.81. The summed E-state index contributed by atoms with van der Waals surface area (Å²) in [6.45, 7) is 8.73. The van der Waals surface area contributed by atoms with Crippen LogP contribution in [0.2, 0.25) is 0 Å². The van der Waals surface area contributed by atoms with Crippen molar-refractivity contribution in [3.8, 4) is 5.88 Å². The summed E-state index contributed by atoms with van der Waals surface area (Å²) in [4.78, 5) is 14.7. The fourth-order valence-electron chi connectivity index (χ4n) is 3.68. The smallest absolute Gasteiger partial charge is 0.251 e. The number of methoxy groups -OCH3 is 1. The Morgan fingerprint density at radius 3 is 2.60 bits per heavy atom. The van der Waals surface area contributed by atoms with Crippen LogP contribution < -0.4 is 15.0 Å². The van der Waals surface area contributed by atoms with Crippen molar-refractivity contribution in [2.24, 2.45) is 13.0 Å². The molecule has 0 unspecified atom stereocenters. The number of hydrogen-bond acceptors (Lipinski definition) is 6. The summed E-state index contributed by atoms with van der Waals surface area (Å²) < 4.78 is 7.03. The zero-order valence-corrected chi connectivity index (χ0v) is 18.1. The van der Waals surface area contributed by atoms with Crippen molar-refractivity contribution in [3.63, 3.8) is 0 Å². The maximum absolute atomic E-state index is 12.6. The number of fused-ring (bicyclic) bond motifs is 1. The van der Waals surface area contributed by atoms with E-state index in [4.69, 9.17) is 4.74 Å². The Bertz CT molecular complexity index is 1060. The molecule has 0 saturated carbocycles. The number of aromatic nitrogens is 4. The number of nitrogens with zero attached hydrogens (tertiary/aromatic N) is 5. The molecular formula is C22H28N6O2.